The Labute approximate surface area is 194 Å². The molecule has 1 aromatic carbocycles. The minimum atomic E-state index is -1.52. The summed E-state index contributed by atoms with van der Waals surface area (Å²) in [7, 11) is 0. The normalized spacial score (nSPS) is 16.3. The second-order valence-electron chi connectivity index (χ2n) is 8.68. The molecule has 2 aromatic rings. The molecule has 0 saturated carbocycles. The zero-order chi connectivity index (χ0) is 22.8. The number of unbranched alkanes of at least 4 members (excludes halogenated alkanes) is 2. The Kier molecular flexibility index (Phi) is 9.11. The minimum Gasteiger partial charge on any atom is -0.479 e. The number of hydrogen-bond donors (Lipinski definition) is 3. The van der Waals surface area contributed by atoms with E-state index in [9.17, 15) is 14.7 Å². The summed E-state index contributed by atoms with van der Waals surface area (Å²) in [6.45, 7) is 3.90. The average molecular weight is 459 g/mol. The number of benzene rings is 1. The molecule has 1 amide bonds. The standard InChI is InChI=1S/C25H34N2O4S/c1-25(23(28)29,27-24(30)31-18-20-9-5-2-6-10-20)22-13-12-21(32-22)11-7-3-4-8-19-14-16-26-17-15-19/h2,5-6,9-10,12-13,19,26H,3-4,7-8,11,14-18H2,1H3,(H,27,30)(H,28,29). The number of amides is 1. The van der Waals surface area contributed by atoms with Gasteiger partial charge in [-0.3, -0.25) is 0 Å². The Morgan fingerprint density at radius 1 is 1.12 bits per heavy atom. The van der Waals surface area contributed by atoms with Crippen LogP contribution in [0.15, 0.2) is 42.5 Å². The zero-order valence-electron chi connectivity index (χ0n) is 18.8. The highest BCUT2D eigenvalue weighted by Gasteiger charge is 2.39. The van der Waals surface area contributed by atoms with E-state index in [0.717, 1.165) is 42.3 Å². The zero-order valence-corrected chi connectivity index (χ0v) is 19.6. The number of piperidine rings is 1. The lowest BCUT2D eigenvalue weighted by atomic mass is 9.92. The van der Waals surface area contributed by atoms with Crippen molar-refractivity contribution in [2.75, 3.05) is 13.1 Å². The van der Waals surface area contributed by atoms with Gasteiger partial charge in [0.2, 0.25) is 0 Å². The van der Waals surface area contributed by atoms with E-state index in [0.29, 0.717) is 4.88 Å². The number of aliphatic carboxylic acids is 1. The summed E-state index contributed by atoms with van der Waals surface area (Å²) in [6, 6.07) is 13.1. The lowest BCUT2D eigenvalue weighted by Crippen LogP contribution is -2.49. The maximum atomic E-state index is 12.3. The van der Waals surface area contributed by atoms with Gasteiger partial charge in [-0.2, -0.15) is 0 Å². The SMILES string of the molecule is CC(NC(=O)OCc1ccccc1)(C(=O)O)c1ccc(CCCCCC2CCNCC2)s1. The highest BCUT2D eigenvalue weighted by Crippen LogP contribution is 2.30. The van der Waals surface area contributed by atoms with Crippen LogP contribution in [0.3, 0.4) is 0 Å². The largest absolute Gasteiger partial charge is 0.479 e. The Morgan fingerprint density at radius 2 is 1.88 bits per heavy atom. The summed E-state index contributed by atoms with van der Waals surface area (Å²) in [6.07, 6.45) is 7.63. The number of alkyl carbamates (subject to hydrolysis) is 1. The molecular weight excluding hydrogens is 424 g/mol. The van der Waals surface area contributed by atoms with Crippen LogP contribution < -0.4 is 10.6 Å². The molecule has 3 rings (SSSR count). The quantitative estimate of drug-likeness (QED) is 0.409. The molecule has 0 aliphatic carbocycles. The van der Waals surface area contributed by atoms with Crippen LogP contribution in [0.2, 0.25) is 0 Å². The Morgan fingerprint density at radius 3 is 2.59 bits per heavy atom. The molecule has 7 heteroatoms. The fourth-order valence-electron chi connectivity index (χ4n) is 4.04. The molecule has 6 nitrogen and oxygen atoms in total. The number of aryl methyl sites for hydroxylation is 1. The van der Waals surface area contributed by atoms with E-state index in [4.69, 9.17) is 4.74 Å². The van der Waals surface area contributed by atoms with Crippen LogP contribution in [0.1, 0.15) is 60.8 Å². The highest BCUT2D eigenvalue weighted by atomic mass is 32.1. The number of ether oxygens (including phenoxy) is 1. The Hall–Kier alpha value is -2.38. The van der Waals surface area contributed by atoms with E-state index in [-0.39, 0.29) is 6.61 Å². The number of carboxylic acid groups (broad SMARTS) is 1. The van der Waals surface area contributed by atoms with Crippen molar-refractivity contribution in [3.8, 4) is 0 Å². The molecule has 1 atom stereocenters. The van der Waals surface area contributed by atoms with Gasteiger partial charge in [0, 0.05) is 9.75 Å². The lowest BCUT2D eigenvalue weighted by molar-refractivity contribution is -0.144. The lowest BCUT2D eigenvalue weighted by Gasteiger charge is -2.24. The first-order valence-corrected chi connectivity index (χ1v) is 12.3. The minimum absolute atomic E-state index is 0.0927. The Balaban J connectivity index is 1.46. The molecule has 0 bridgehead atoms. The number of carbonyl (C=O) groups is 2. The van der Waals surface area contributed by atoms with E-state index in [2.05, 4.69) is 10.6 Å². The predicted molar refractivity (Wildman–Crippen MR) is 127 cm³/mol. The first-order chi connectivity index (χ1) is 15.5. The van der Waals surface area contributed by atoms with Crippen molar-refractivity contribution in [3.63, 3.8) is 0 Å². The summed E-state index contributed by atoms with van der Waals surface area (Å²) in [5, 5.41) is 15.8. The first-order valence-electron chi connectivity index (χ1n) is 11.5. The third-order valence-electron chi connectivity index (χ3n) is 6.14. The molecule has 174 valence electrons. The van der Waals surface area contributed by atoms with Crippen LogP contribution in [0.4, 0.5) is 4.79 Å². The fraction of sp³-hybridized carbons (Fsp3) is 0.520. The summed E-state index contributed by atoms with van der Waals surface area (Å²) >= 11 is 1.45. The number of hydrogen-bond acceptors (Lipinski definition) is 5. The second-order valence-corrected chi connectivity index (χ2v) is 9.84. The first kappa shape index (κ1) is 24.3. The molecule has 1 unspecified atom stereocenters. The van der Waals surface area contributed by atoms with Crippen LogP contribution in [-0.4, -0.2) is 30.3 Å². The topological polar surface area (TPSA) is 87.7 Å². The van der Waals surface area contributed by atoms with Gasteiger partial charge in [0.1, 0.15) is 6.61 Å². The molecule has 3 N–H and O–H groups in total. The summed E-state index contributed by atoms with van der Waals surface area (Å²) < 4.78 is 5.23. The van der Waals surface area contributed by atoms with Gasteiger partial charge in [0.05, 0.1) is 0 Å². The van der Waals surface area contributed by atoms with E-state index in [1.165, 1.54) is 50.4 Å². The molecular formula is C25H34N2O4S. The molecule has 0 spiro atoms. The van der Waals surface area contributed by atoms with Crippen LogP contribution in [0, 0.1) is 5.92 Å². The number of rotatable bonds is 11. The molecule has 1 aliphatic rings. The van der Waals surface area contributed by atoms with Gasteiger partial charge in [-0.05, 0) is 69.3 Å². The highest BCUT2D eigenvalue weighted by molar-refractivity contribution is 7.12. The molecule has 0 radical (unpaired) electrons. The van der Waals surface area contributed by atoms with Crippen molar-refractivity contribution in [2.24, 2.45) is 5.92 Å². The van der Waals surface area contributed by atoms with E-state index in [1.54, 1.807) is 6.07 Å². The van der Waals surface area contributed by atoms with Crippen molar-refractivity contribution in [1.82, 2.24) is 10.6 Å². The number of carbonyl (C=O) groups excluding carboxylic acids is 1. The van der Waals surface area contributed by atoms with Crippen molar-refractivity contribution in [1.29, 1.82) is 0 Å². The maximum absolute atomic E-state index is 12.3. The van der Waals surface area contributed by atoms with E-state index >= 15 is 0 Å². The van der Waals surface area contributed by atoms with Crippen molar-refractivity contribution in [3.05, 3.63) is 57.8 Å². The summed E-state index contributed by atoms with van der Waals surface area (Å²) in [4.78, 5) is 26.1. The molecule has 2 heterocycles. The van der Waals surface area contributed by atoms with Crippen LogP contribution >= 0.6 is 11.3 Å². The molecule has 1 fully saturated rings. The average Bonchev–Trinajstić information content (AvgIpc) is 3.28. The van der Waals surface area contributed by atoms with Gasteiger partial charge < -0.3 is 20.5 Å². The molecule has 32 heavy (non-hydrogen) atoms. The van der Waals surface area contributed by atoms with Gasteiger partial charge >= 0.3 is 12.1 Å². The third-order valence-corrected chi connectivity index (χ3v) is 7.51. The summed E-state index contributed by atoms with van der Waals surface area (Å²) in [5.74, 6) is -0.238. The summed E-state index contributed by atoms with van der Waals surface area (Å²) in [5.41, 5.74) is -0.677. The molecule has 1 saturated heterocycles. The van der Waals surface area contributed by atoms with Gasteiger partial charge in [-0.1, -0.05) is 49.6 Å². The van der Waals surface area contributed by atoms with E-state index in [1.807, 2.05) is 36.4 Å². The molecule has 1 aliphatic heterocycles. The second kappa shape index (κ2) is 12.0. The predicted octanol–water partition coefficient (Wildman–Crippen LogP) is 5.08. The fourth-order valence-corrected chi connectivity index (χ4v) is 5.19. The number of thiophene rings is 1. The van der Waals surface area contributed by atoms with E-state index < -0.39 is 17.6 Å². The van der Waals surface area contributed by atoms with Crippen LogP contribution in [-0.2, 0) is 28.1 Å². The van der Waals surface area contributed by atoms with Crippen LogP contribution in [0.5, 0.6) is 0 Å². The van der Waals surface area contributed by atoms with Crippen LogP contribution in [0.25, 0.3) is 0 Å². The van der Waals surface area contributed by atoms with Gasteiger partial charge in [-0.25, -0.2) is 9.59 Å². The number of carboxylic acids is 1. The maximum Gasteiger partial charge on any atom is 0.408 e. The monoisotopic (exact) mass is 458 g/mol. The van der Waals surface area contributed by atoms with Crippen molar-refractivity contribution >= 4 is 23.4 Å². The van der Waals surface area contributed by atoms with Crippen molar-refractivity contribution in [2.45, 2.75) is 64.0 Å². The van der Waals surface area contributed by atoms with Gasteiger partial charge in [0.25, 0.3) is 0 Å². The molecule has 1 aromatic heterocycles. The Bertz CT molecular complexity index is 864. The van der Waals surface area contributed by atoms with Crippen molar-refractivity contribution < 1.29 is 19.4 Å². The van der Waals surface area contributed by atoms with Gasteiger partial charge in [0.15, 0.2) is 5.54 Å². The third kappa shape index (κ3) is 7.07. The van der Waals surface area contributed by atoms with Gasteiger partial charge in [-0.15, -0.1) is 11.3 Å². The smallest absolute Gasteiger partial charge is 0.408 e. The number of nitrogens with one attached hydrogen (secondary N) is 2.